The van der Waals surface area contributed by atoms with Gasteiger partial charge in [-0.3, -0.25) is 0 Å². The van der Waals surface area contributed by atoms with Crippen LogP contribution in [0.25, 0.3) is 6.08 Å². The first kappa shape index (κ1) is 24.6. The highest BCUT2D eigenvalue weighted by Crippen LogP contribution is 2.33. The Kier molecular flexibility index (Phi) is 8.91. The van der Waals surface area contributed by atoms with Crippen LogP contribution in [-0.4, -0.2) is 21.3 Å². The number of carboxylic acids is 1. The van der Waals surface area contributed by atoms with Gasteiger partial charge in [0, 0.05) is 22.0 Å². The van der Waals surface area contributed by atoms with Gasteiger partial charge in [-0.25, -0.2) is 4.79 Å². The molecule has 0 aliphatic carbocycles. The number of halogens is 4. The fraction of sp³-hybridized carbons (Fsp3) is 0.150. The van der Waals surface area contributed by atoms with Crippen molar-refractivity contribution in [2.45, 2.75) is 25.2 Å². The first-order valence-corrected chi connectivity index (χ1v) is 12.5. The minimum atomic E-state index is -1.08. The number of hydrogen-bond donors (Lipinski definition) is 1. The standard InChI is InChI=1S/C20H14Cl2I2N2O4S/c1-2-17-25-26-20(30-17)31-16(19(27)28)7-10-5-14(23)18(15(24)6-10)29-9-11-3-4-12(21)8-13(11)22/h3-8H,2,9H2,1H3,(H,27,28)/b16-7-. The molecule has 6 nitrogen and oxygen atoms in total. The molecule has 0 radical (unpaired) electrons. The van der Waals surface area contributed by atoms with Crippen LogP contribution in [0, 0.1) is 7.14 Å². The third-order valence-corrected chi connectivity index (χ3v) is 6.91. The molecule has 11 heteroatoms. The zero-order valence-electron chi connectivity index (χ0n) is 15.9. The summed E-state index contributed by atoms with van der Waals surface area (Å²) in [6, 6.07) is 8.93. The van der Waals surface area contributed by atoms with Gasteiger partial charge < -0.3 is 14.3 Å². The quantitative estimate of drug-likeness (QED) is 0.155. The van der Waals surface area contributed by atoms with E-state index in [1.807, 2.05) is 25.1 Å². The van der Waals surface area contributed by atoms with Crippen molar-refractivity contribution in [1.29, 1.82) is 0 Å². The molecular weight excluding hydrogens is 689 g/mol. The molecule has 0 amide bonds. The molecule has 0 fully saturated rings. The Bertz CT molecular complexity index is 1130. The van der Waals surface area contributed by atoms with E-state index >= 15 is 0 Å². The van der Waals surface area contributed by atoms with E-state index in [1.54, 1.807) is 18.2 Å². The normalized spacial score (nSPS) is 11.6. The van der Waals surface area contributed by atoms with Gasteiger partial charge in [-0.1, -0.05) is 36.2 Å². The fourth-order valence-corrected chi connectivity index (χ4v) is 5.67. The SMILES string of the molecule is CCc1nnc(S/C(=C\c2cc(I)c(OCc3ccc(Cl)cc3Cl)c(I)c2)C(=O)O)o1. The van der Waals surface area contributed by atoms with Gasteiger partial charge in [0.25, 0.3) is 5.22 Å². The van der Waals surface area contributed by atoms with Crippen molar-refractivity contribution in [2.24, 2.45) is 0 Å². The molecule has 0 aliphatic heterocycles. The van der Waals surface area contributed by atoms with Gasteiger partial charge in [0.1, 0.15) is 17.3 Å². The topological polar surface area (TPSA) is 85.5 Å². The van der Waals surface area contributed by atoms with Gasteiger partial charge >= 0.3 is 5.97 Å². The van der Waals surface area contributed by atoms with Crippen molar-refractivity contribution in [3.05, 3.63) is 69.4 Å². The Hall–Kier alpha value is -1.02. The van der Waals surface area contributed by atoms with Crippen molar-refractivity contribution >= 4 is 92.2 Å². The molecule has 0 atom stereocenters. The monoisotopic (exact) mass is 702 g/mol. The van der Waals surface area contributed by atoms with Gasteiger partial charge in [-0.05, 0) is 92.8 Å². The molecule has 0 unspecified atom stereocenters. The Morgan fingerprint density at radius 3 is 2.52 bits per heavy atom. The summed E-state index contributed by atoms with van der Waals surface area (Å²) in [5.74, 6) is 0.0704. The van der Waals surface area contributed by atoms with Gasteiger partial charge in [0.2, 0.25) is 5.89 Å². The number of hydrogen-bond acceptors (Lipinski definition) is 6. The highest BCUT2D eigenvalue weighted by atomic mass is 127. The summed E-state index contributed by atoms with van der Waals surface area (Å²) in [7, 11) is 0. The molecule has 0 saturated heterocycles. The number of thioether (sulfide) groups is 1. The minimum Gasteiger partial charge on any atom is -0.487 e. The number of rotatable bonds is 8. The first-order chi connectivity index (χ1) is 14.8. The molecule has 3 aromatic rings. The molecule has 0 spiro atoms. The average Bonchev–Trinajstić information content (AvgIpc) is 3.16. The highest BCUT2D eigenvalue weighted by Gasteiger charge is 2.16. The molecule has 0 bridgehead atoms. The molecule has 1 heterocycles. The molecular formula is C20H14Cl2I2N2O4S. The number of carbonyl (C=O) groups is 1. The molecule has 1 aromatic heterocycles. The molecule has 0 saturated carbocycles. The molecule has 3 rings (SSSR count). The summed E-state index contributed by atoms with van der Waals surface area (Å²) in [5, 5.41) is 18.6. The Morgan fingerprint density at radius 2 is 1.94 bits per heavy atom. The lowest BCUT2D eigenvalue weighted by molar-refractivity contribution is -0.131. The molecule has 1 N–H and O–H groups in total. The summed E-state index contributed by atoms with van der Waals surface area (Å²) >= 11 is 17.4. The Labute approximate surface area is 220 Å². The van der Waals surface area contributed by atoms with Gasteiger partial charge in [-0.15, -0.1) is 10.2 Å². The number of benzene rings is 2. The smallest absolute Gasteiger partial charge is 0.342 e. The Balaban J connectivity index is 1.81. The predicted octanol–water partition coefficient (Wildman–Crippen LogP) is 6.94. The van der Waals surface area contributed by atoms with E-state index in [4.69, 9.17) is 32.4 Å². The van der Waals surface area contributed by atoms with E-state index in [1.165, 1.54) is 0 Å². The van der Waals surface area contributed by atoms with E-state index in [2.05, 4.69) is 55.4 Å². The molecule has 162 valence electrons. The number of aryl methyl sites for hydroxylation is 1. The van der Waals surface area contributed by atoms with E-state index in [9.17, 15) is 9.90 Å². The van der Waals surface area contributed by atoms with Crippen LogP contribution in [0.1, 0.15) is 23.9 Å². The summed E-state index contributed by atoms with van der Waals surface area (Å²) in [6.07, 6.45) is 2.14. The van der Waals surface area contributed by atoms with Crippen LogP contribution in [0.15, 0.2) is 44.9 Å². The van der Waals surface area contributed by atoms with Crippen LogP contribution in [0.2, 0.25) is 10.0 Å². The van der Waals surface area contributed by atoms with Crippen molar-refractivity contribution < 1.29 is 19.1 Å². The second-order valence-electron chi connectivity index (χ2n) is 6.07. The third-order valence-electron chi connectivity index (χ3n) is 3.86. The van der Waals surface area contributed by atoms with Crippen LogP contribution >= 0.6 is 80.1 Å². The second-order valence-corrected chi connectivity index (χ2v) is 10.2. The highest BCUT2D eigenvalue weighted by molar-refractivity contribution is 14.1. The number of ether oxygens (including phenoxy) is 1. The molecule has 31 heavy (non-hydrogen) atoms. The predicted molar refractivity (Wildman–Crippen MR) is 138 cm³/mol. The summed E-state index contributed by atoms with van der Waals surface area (Å²) in [6.45, 7) is 2.16. The van der Waals surface area contributed by atoms with Crippen LogP contribution in [0.4, 0.5) is 0 Å². The molecule has 2 aromatic carbocycles. The van der Waals surface area contributed by atoms with Crippen molar-refractivity contribution in [1.82, 2.24) is 10.2 Å². The molecule has 0 aliphatic rings. The Morgan fingerprint density at radius 1 is 1.23 bits per heavy atom. The van der Waals surface area contributed by atoms with Gasteiger partial charge in [0.15, 0.2) is 0 Å². The number of nitrogens with zero attached hydrogens (tertiary/aromatic N) is 2. The van der Waals surface area contributed by atoms with E-state index in [0.29, 0.717) is 33.7 Å². The zero-order valence-corrected chi connectivity index (χ0v) is 22.5. The third kappa shape index (κ3) is 6.73. The van der Waals surface area contributed by atoms with Gasteiger partial charge in [-0.2, -0.15) is 0 Å². The van der Waals surface area contributed by atoms with Crippen LogP contribution in [-0.2, 0) is 17.8 Å². The summed E-state index contributed by atoms with van der Waals surface area (Å²) in [5.41, 5.74) is 1.53. The number of aromatic nitrogens is 2. The van der Waals surface area contributed by atoms with E-state index in [-0.39, 0.29) is 16.7 Å². The minimum absolute atomic E-state index is 0.0690. The fourth-order valence-electron chi connectivity index (χ4n) is 2.39. The van der Waals surface area contributed by atoms with E-state index in [0.717, 1.165) is 24.5 Å². The summed E-state index contributed by atoms with van der Waals surface area (Å²) in [4.78, 5) is 11.8. The second kappa shape index (κ2) is 11.2. The maximum Gasteiger partial charge on any atom is 0.342 e. The number of aliphatic carboxylic acids is 1. The lowest BCUT2D eigenvalue weighted by atomic mass is 10.2. The van der Waals surface area contributed by atoms with Crippen molar-refractivity contribution in [3.63, 3.8) is 0 Å². The van der Waals surface area contributed by atoms with E-state index < -0.39 is 5.97 Å². The van der Waals surface area contributed by atoms with Crippen molar-refractivity contribution in [2.75, 3.05) is 0 Å². The number of carboxylic acid groups (broad SMARTS) is 1. The maximum atomic E-state index is 11.7. The maximum absolute atomic E-state index is 11.7. The zero-order chi connectivity index (χ0) is 22.5. The van der Waals surface area contributed by atoms with Crippen LogP contribution in [0.3, 0.4) is 0 Å². The van der Waals surface area contributed by atoms with Crippen LogP contribution < -0.4 is 4.74 Å². The largest absolute Gasteiger partial charge is 0.487 e. The lowest BCUT2D eigenvalue weighted by Gasteiger charge is -2.13. The summed E-state index contributed by atoms with van der Waals surface area (Å²) < 4.78 is 13.0. The van der Waals surface area contributed by atoms with Crippen molar-refractivity contribution in [3.8, 4) is 5.75 Å². The average molecular weight is 703 g/mol. The lowest BCUT2D eigenvalue weighted by Crippen LogP contribution is -2.01. The first-order valence-electron chi connectivity index (χ1n) is 8.77. The van der Waals surface area contributed by atoms with Gasteiger partial charge in [0.05, 0.1) is 7.14 Å². The van der Waals surface area contributed by atoms with Crippen LogP contribution in [0.5, 0.6) is 5.75 Å².